The Bertz CT molecular complexity index is 424. The van der Waals surface area contributed by atoms with Gasteiger partial charge in [-0.05, 0) is 27.7 Å². The second kappa shape index (κ2) is 5.75. The Kier molecular flexibility index (Phi) is 4.58. The Morgan fingerprint density at radius 3 is 2.61 bits per heavy atom. The van der Waals surface area contributed by atoms with Crippen LogP contribution in [0.2, 0.25) is 0 Å². The molecular formula is C12H23N5O. The van der Waals surface area contributed by atoms with Crippen LogP contribution in [0, 0.1) is 6.92 Å². The molecule has 18 heavy (non-hydrogen) atoms. The summed E-state index contributed by atoms with van der Waals surface area (Å²) >= 11 is 0. The molecule has 0 fully saturated rings. The summed E-state index contributed by atoms with van der Waals surface area (Å²) in [7, 11) is 1.63. The highest BCUT2D eigenvalue weighted by atomic mass is 16.1. The fraction of sp³-hybridized carbons (Fsp3) is 0.667. The van der Waals surface area contributed by atoms with Crippen molar-refractivity contribution < 1.29 is 4.79 Å². The fourth-order valence-corrected chi connectivity index (χ4v) is 1.81. The number of hydrogen-bond donors (Lipinski definition) is 2. The van der Waals surface area contributed by atoms with Crippen LogP contribution in [-0.2, 0) is 4.79 Å². The first-order valence-corrected chi connectivity index (χ1v) is 6.22. The van der Waals surface area contributed by atoms with Crippen molar-refractivity contribution in [1.29, 1.82) is 0 Å². The van der Waals surface area contributed by atoms with E-state index in [2.05, 4.69) is 10.4 Å². The minimum Gasteiger partial charge on any atom is -0.394 e. The minimum absolute atomic E-state index is 0.0367. The van der Waals surface area contributed by atoms with Crippen molar-refractivity contribution in [2.45, 2.75) is 33.7 Å². The Hall–Kier alpha value is -1.72. The third kappa shape index (κ3) is 2.75. The number of hydrogen-bond acceptors (Lipinski definition) is 4. The Morgan fingerprint density at radius 2 is 2.17 bits per heavy atom. The minimum atomic E-state index is -0.0367. The van der Waals surface area contributed by atoms with Gasteiger partial charge in [-0.15, -0.1) is 0 Å². The standard InChI is InChI=1S/C12H23N5O/c1-6-16(7-10(18)14-5)12-11(13)9(4)15-17(12)8(2)3/h8H,6-7,13H2,1-5H3,(H,14,18). The number of likely N-dealkylation sites (N-methyl/N-ethyl adjacent to an activating group) is 2. The van der Waals surface area contributed by atoms with Crippen molar-refractivity contribution in [2.24, 2.45) is 0 Å². The summed E-state index contributed by atoms with van der Waals surface area (Å²) in [6.07, 6.45) is 0. The van der Waals surface area contributed by atoms with Gasteiger partial charge in [0.25, 0.3) is 0 Å². The Morgan fingerprint density at radius 1 is 1.56 bits per heavy atom. The van der Waals surface area contributed by atoms with E-state index in [0.717, 1.165) is 11.5 Å². The van der Waals surface area contributed by atoms with E-state index < -0.39 is 0 Å². The van der Waals surface area contributed by atoms with Gasteiger partial charge in [0, 0.05) is 19.6 Å². The number of nitrogens with two attached hydrogens (primary N) is 1. The van der Waals surface area contributed by atoms with Gasteiger partial charge in [0.15, 0.2) is 5.82 Å². The number of nitrogens with one attached hydrogen (secondary N) is 1. The molecule has 0 saturated carbocycles. The second-order valence-corrected chi connectivity index (χ2v) is 4.55. The quantitative estimate of drug-likeness (QED) is 0.818. The highest BCUT2D eigenvalue weighted by Gasteiger charge is 2.21. The summed E-state index contributed by atoms with van der Waals surface area (Å²) in [4.78, 5) is 13.5. The van der Waals surface area contributed by atoms with Crippen LogP contribution in [0.4, 0.5) is 11.5 Å². The zero-order valence-corrected chi connectivity index (χ0v) is 11.8. The van der Waals surface area contributed by atoms with E-state index in [4.69, 9.17) is 5.73 Å². The lowest BCUT2D eigenvalue weighted by Gasteiger charge is -2.24. The number of aromatic nitrogens is 2. The summed E-state index contributed by atoms with van der Waals surface area (Å²) < 4.78 is 1.87. The van der Waals surface area contributed by atoms with Crippen molar-refractivity contribution in [3.8, 4) is 0 Å². The van der Waals surface area contributed by atoms with Gasteiger partial charge >= 0.3 is 0 Å². The van der Waals surface area contributed by atoms with Crippen LogP contribution in [0.25, 0.3) is 0 Å². The number of nitrogen functional groups attached to an aromatic ring is 1. The Balaban J connectivity index is 3.15. The molecule has 0 bridgehead atoms. The maximum Gasteiger partial charge on any atom is 0.239 e. The number of rotatable bonds is 5. The molecule has 0 aromatic carbocycles. The number of nitrogens with zero attached hydrogens (tertiary/aromatic N) is 3. The number of anilines is 2. The third-order valence-corrected chi connectivity index (χ3v) is 2.89. The van der Waals surface area contributed by atoms with Gasteiger partial charge in [-0.1, -0.05) is 0 Å². The highest BCUT2D eigenvalue weighted by molar-refractivity contribution is 5.82. The number of aryl methyl sites for hydroxylation is 1. The van der Waals surface area contributed by atoms with E-state index >= 15 is 0 Å². The van der Waals surface area contributed by atoms with Gasteiger partial charge < -0.3 is 16.0 Å². The molecule has 0 aliphatic heterocycles. The van der Waals surface area contributed by atoms with Crippen molar-refractivity contribution >= 4 is 17.4 Å². The van der Waals surface area contributed by atoms with Crippen LogP contribution in [0.3, 0.4) is 0 Å². The number of carbonyl (C=O) groups is 1. The topological polar surface area (TPSA) is 76.2 Å². The first kappa shape index (κ1) is 14.3. The lowest BCUT2D eigenvalue weighted by molar-refractivity contribution is -0.119. The van der Waals surface area contributed by atoms with Gasteiger partial charge in [-0.2, -0.15) is 5.10 Å². The fourth-order valence-electron chi connectivity index (χ4n) is 1.81. The van der Waals surface area contributed by atoms with Crippen LogP contribution in [-0.4, -0.2) is 35.8 Å². The highest BCUT2D eigenvalue weighted by Crippen LogP contribution is 2.28. The summed E-state index contributed by atoms with van der Waals surface area (Å²) in [5.74, 6) is 0.791. The van der Waals surface area contributed by atoms with Crippen LogP contribution < -0.4 is 16.0 Å². The monoisotopic (exact) mass is 253 g/mol. The molecule has 3 N–H and O–H groups in total. The molecule has 0 spiro atoms. The van der Waals surface area contributed by atoms with Gasteiger partial charge in [0.2, 0.25) is 5.91 Å². The number of carbonyl (C=O) groups excluding carboxylic acids is 1. The zero-order valence-electron chi connectivity index (χ0n) is 11.8. The molecular weight excluding hydrogens is 230 g/mol. The summed E-state index contributed by atoms with van der Waals surface area (Å²) in [6, 6.07) is 0.203. The molecule has 1 aromatic heterocycles. The lowest BCUT2D eigenvalue weighted by atomic mass is 10.3. The molecule has 6 heteroatoms. The lowest BCUT2D eigenvalue weighted by Crippen LogP contribution is -2.37. The summed E-state index contributed by atoms with van der Waals surface area (Å²) in [5, 5.41) is 7.05. The molecule has 0 atom stereocenters. The molecule has 1 amide bonds. The van der Waals surface area contributed by atoms with Gasteiger partial charge in [0.1, 0.15) is 0 Å². The van der Waals surface area contributed by atoms with E-state index in [1.165, 1.54) is 0 Å². The normalized spacial score (nSPS) is 10.8. The molecule has 0 aliphatic carbocycles. The van der Waals surface area contributed by atoms with Crippen LogP contribution >= 0.6 is 0 Å². The van der Waals surface area contributed by atoms with Gasteiger partial charge in [0.05, 0.1) is 17.9 Å². The van der Waals surface area contributed by atoms with Crippen LogP contribution in [0.15, 0.2) is 0 Å². The first-order valence-electron chi connectivity index (χ1n) is 6.22. The van der Waals surface area contributed by atoms with E-state index in [1.807, 2.05) is 37.3 Å². The van der Waals surface area contributed by atoms with E-state index in [9.17, 15) is 4.79 Å². The molecule has 0 aliphatic rings. The van der Waals surface area contributed by atoms with E-state index in [0.29, 0.717) is 12.2 Å². The maximum atomic E-state index is 11.5. The van der Waals surface area contributed by atoms with Crippen molar-refractivity contribution in [2.75, 3.05) is 30.8 Å². The zero-order chi connectivity index (χ0) is 13.9. The van der Waals surface area contributed by atoms with Gasteiger partial charge in [-0.25, -0.2) is 4.68 Å². The van der Waals surface area contributed by atoms with Crippen LogP contribution in [0.1, 0.15) is 32.5 Å². The van der Waals surface area contributed by atoms with Crippen LogP contribution in [0.5, 0.6) is 0 Å². The van der Waals surface area contributed by atoms with Crippen molar-refractivity contribution in [3.05, 3.63) is 5.69 Å². The molecule has 1 rings (SSSR count). The van der Waals surface area contributed by atoms with E-state index in [1.54, 1.807) is 7.05 Å². The molecule has 0 saturated heterocycles. The van der Waals surface area contributed by atoms with Crippen molar-refractivity contribution in [3.63, 3.8) is 0 Å². The summed E-state index contributed by atoms with van der Waals surface area (Å²) in [6.45, 7) is 8.96. The Labute approximate surface area is 108 Å². The maximum absolute atomic E-state index is 11.5. The third-order valence-electron chi connectivity index (χ3n) is 2.89. The predicted molar refractivity (Wildman–Crippen MR) is 73.7 cm³/mol. The number of amides is 1. The largest absolute Gasteiger partial charge is 0.394 e. The molecule has 1 heterocycles. The molecule has 6 nitrogen and oxygen atoms in total. The average Bonchev–Trinajstić information content (AvgIpc) is 2.63. The molecule has 102 valence electrons. The SMILES string of the molecule is CCN(CC(=O)NC)c1c(N)c(C)nn1C(C)C. The molecule has 0 radical (unpaired) electrons. The molecule has 0 unspecified atom stereocenters. The smallest absolute Gasteiger partial charge is 0.239 e. The second-order valence-electron chi connectivity index (χ2n) is 4.55. The molecule has 1 aromatic rings. The average molecular weight is 253 g/mol. The van der Waals surface area contributed by atoms with E-state index in [-0.39, 0.29) is 18.5 Å². The van der Waals surface area contributed by atoms with Crippen molar-refractivity contribution in [1.82, 2.24) is 15.1 Å². The van der Waals surface area contributed by atoms with Gasteiger partial charge in [-0.3, -0.25) is 4.79 Å². The predicted octanol–water partition coefficient (Wildman–Crippen LogP) is 0.927. The first-order chi connectivity index (χ1) is 8.42. The summed E-state index contributed by atoms with van der Waals surface area (Å²) in [5.41, 5.74) is 7.53.